The van der Waals surface area contributed by atoms with Crippen molar-refractivity contribution in [1.29, 1.82) is 0 Å². The summed E-state index contributed by atoms with van der Waals surface area (Å²) in [6, 6.07) is -2.38. The van der Waals surface area contributed by atoms with Gasteiger partial charge in [0.15, 0.2) is 0 Å². The van der Waals surface area contributed by atoms with Gasteiger partial charge >= 0.3 is 18.2 Å². The predicted molar refractivity (Wildman–Crippen MR) is 109 cm³/mol. The second-order valence-electron chi connectivity index (χ2n) is 8.94. The van der Waals surface area contributed by atoms with Crippen molar-refractivity contribution in [2.24, 2.45) is 5.92 Å². The largest absolute Gasteiger partial charge is 0.467 e. The molecule has 10 nitrogen and oxygen atoms in total. The molecule has 0 bridgehead atoms. The number of alkyl halides is 3. The molecule has 1 aromatic heterocycles. The van der Waals surface area contributed by atoms with Crippen molar-refractivity contribution in [3.8, 4) is 0 Å². The lowest BCUT2D eigenvalue weighted by atomic mass is 10.0. The molecule has 0 saturated heterocycles. The molecule has 0 aliphatic rings. The Morgan fingerprint density at radius 2 is 1.64 bits per heavy atom. The number of likely N-dealkylation sites (N-methyl/N-ethyl adjacent to an activating group) is 2. The van der Waals surface area contributed by atoms with Crippen LogP contribution in [0.2, 0.25) is 0 Å². The molecule has 13 heteroatoms. The molecule has 0 aromatic carbocycles. The first-order valence-electron chi connectivity index (χ1n) is 10.2. The Morgan fingerprint density at radius 3 is 2.06 bits per heavy atom. The molecule has 2 amide bonds. The number of carbonyl (C=O) groups excluding carboxylic acids is 3. The lowest BCUT2D eigenvalue weighted by Crippen LogP contribution is -2.54. The van der Waals surface area contributed by atoms with Gasteiger partial charge in [-0.3, -0.25) is 9.69 Å². The second kappa shape index (κ2) is 10.8. The summed E-state index contributed by atoms with van der Waals surface area (Å²) in [5.41, 5.74) is -0.800. The molecule has 0 spiro atoms. The average molecular weight is 480 g/mol. The second-order valence-corrected chi connectivity index (χ2v) is 8.94. The number of halogens is 3. The number of methoxy groups -OCH3 is 1. The Morgan fingerprint density at radius 1 is 1.06 bits per heavy atom. The van der Waals surface area contributed by atoms with E-state index in [1.54, 1.807) is 20.8 Å². The number of nitrogens with zero attached hydrogens (tertiary/aromatic N) is 4. The van der Waals surface area contributed by atoms with Crippen LogP contribution in [0.5, 0.6) is 0 Å². The van der Waals surface area contributed by atoms with E-state index in [0.29, 0.717) is 0 Å². The van der Waals surface area contributed by atoms with E-state index >= 15 is 0 Å². The predicted octanol–water partition coefficient (Wildman–Crippen LogP) is 2.91. The highest BCUT2D eigenvalue weighted by molar-refractivity contribution is 5.89. The highest BCUT2D eigenvalue weighted by atomic mass is 19.4. The number of aromatic nitrogens is 2. The standard InChI is InChI=1S/C20H31F3N4O6/c1-11(2)9-12(27(7)18(30)32-19(3,4)5)15(28)26(6)13(16(29)31-8)10-14-24-17(25-33-14)20(21,22)23/h11-13H,9-10H2,1-8H3/t12-,13+/m0/s1. The van der Waals surface area contributed by atoms with Gasteiger partial charge in [-0.25, -0.2) is 9.59 Å². The van der Waals surface area contributed by atoms with E-state index in [0.717, 1.165) is 16.9 Å². The van der Waals surface area contributed by atoms with Crippen molar-refractivity contribution in [3.05, 3.63) is 11.7 Å². The fourth-order valence-corrected chi connectivity index (χ4v) is 2.85. The van der Waals surface area contributed by atoms with Crippen molar-refractivity contribution < 1.29 is 41.6 Å². The molecule has 0 unspecified atom stereocenters. The summed E-state index contributed by atoms with van der Waals surface area (Å²) in [4.78, 5) is 43.6. The minimum atomic E-state index is -4.83. The van der Waals surface area contributed by atoms with Gasteiger partial charge in [0.1, 0.15) is 17.7 Å². The molecule has 0 radical (unpaired) electrons. The van der Waals surface area contributed by atoms with Crippen LogP contribution in [0.25, 0.3) is 0 Å². The van der Waals surface area contributed by atoms with E-state index in [9.17, 15) is 27.6 Å². The van der Waals surface area contributed by atoms with Crippen molar-refractivity contribution in [2.45, 2.75) is 71.3 Å². The highest BCUT2D eigenvalue weighted by Crippen LogP contribution is 2.27. The molecule has 0 aliphatic heterocycles. The number of amides is 2. The normalized spacial score (nSPS) is 13.9. The zero-order valence-electron chi connectivity index (χ0n) is 20.0. The van der Waals surface area contributed by atoms with Crippen LogP contribution >= 0.6 is 0 Å². The topological polar surface area (TPSA) is 115 Å². The van der Waals surface area contributed by atoms with Crippen molar-refractivity contribution >= 4 is 18.0 Å². The summed E-state index contributed by atoms with van der Waals surface area (Å²) in [7, 11) is 3.75. The van der Waals surface area contributed by atoms with Gasteiger partial charge in [0.25, 0.3) is 5.82 Å². The monoisotopic (exact) mass is 480 g/mol. The minimum absolute atomic E-state index is 0.0147. The molecule has 0 fully saturated rings. The molecule has 33 heavy (non-hydrogen) atoms. The van der Waals surface area contributed by atoms with E-state index in [1.807, 2.05) is 13.8 Å². The van der Waals surface area contributed by atoms with E-state index < -0.39 is 60.0 Å². The number of carbonyl (C=O) groups is 3. The number of hydrogen-bond acceptors (Lipinski definition) is 8. The van der Waals surface area contributed by atoms with Gasteiger partial charge < -0.3 is 18.9 Å². The van der Waals surface area contributed by atoms with Crippen LogP contribution in [0.4, 0.5) is 18.0 Å². The fraction of sp³-hybridized carbons (Fsp3) is 0.750. The Kier molecular flexibility index (Phi) is 9.25. The van der Waals surface area contributed by atoms with Gasteiger partial charge in [-0.15, -0.1) is 0 Å². The van der Waals surface area contributed by atoms with Crippen LogP contribution < -0.4 is 0 Å². The third-order valence-corrected chi connectivity index (χ3v) is 4.51. The molecule has 0 aliphatic carbocycles. The zero-order chi connectivity index (χ0) is 25.7. The van der Waals surface area contributed by atoms with Crippen molar-refractivity contribution in [2.75, 3.05) is 21.2 Å². The SMILES string of the molecule is COC(=O)[C@@H](Cc1nc(C(F)(F)F)no1)N(C)C(=O)[C@H](CC(C)C)N(C)C(=O)OC(C)(C)C. The first-order valence-corrected chi connectivity index (χ1v) is 10.2. The first-order chi connectivity index (χ1) is 15.0. The zero-order valence-corrected chi connectivity index (χ0v) is 20.0. The summed E-state index contributed by atoms with van der Waals surface area (Å²) in [6.07, 6.45) is -5.84. The molecule has 1 heterocycles. The van der Waals surface area contributed by atoms with Crippen molar-refractivity contribution in [3.63, 3.8) is 0 Å². The summed E-state index contributed by atoms with van der Waals surface area (Å²) in [6.45, 7) is 8.72. The van der Waals surface area contributed by atoms with E-state index in [2.05, 4.69) is 14.7 Å². The third kappa shape index (κ3) is 8.21. The first kappa shape index (κ1) is 28.2. The molecule has 2 atom stereocenters. The summed E-state index contributed by atoms with van der Waals surface area (Å²) < 4.78 is 53.0. The van der Waals surface area contributed by atoms with E-state index in [1.165, 1.54) is 14.1 Å². The summed E-state index contributed by atoms with van der Waals surface area (Å²) >= 11 is 0. The Labute approximate surface area is 190 Å². The van der Waals surface area contributed by atoms with Gasteiger partial charge in [0.05, 0.1) is 13.5 Å². The van der Waals surface area contributed by atoms with Crippen molar-refractivity contribution in [1.82, 2.24) is 19.9 Å². The van der Waals surface area contributed by atoms with Crippen LogP contribution in [-0.2, 0) is 31.7 Å². The molecule has 0 N–H and O–H groups in total. The Hall–Kier alpha value is -2.86. The minimum Gasteiger partial charge on any atom is -0.467 e. The molecule has 0 saturated carbocycles. The van der Waals surface area contributed by atoms with Crippen LogP contribution in [0.1, 0.15) is 52.8 Å². The number of hydrogen-bond donors (Lipinski definition) is 0. The van der Waals surface area contributed by atoms with Gasteiger partial charge in [-0.05, 0) is 33.1 Å². The number of rotatable bonds is 8. The van der Waals surface area contributed by atoms with Gasteiger partial charge in [-0.1, -0.05) is 19.0 Å². The quantitative estimate of drug-likeness (QED) is 0.522. The van der Waals surface area contributed by atoms with Crippen LogP contribution in [-0.4, -0.2) is 76.8 Å². The van der Waals surface area contributed by atoms with Gasteiger partial charge in [-0.2, -0.15) is 18.2 Å². The van der Waals surface area contributed by atoms with E-state index in [-0.39, 0.29) is 12.3 Å². The summed E-state index contributed by atoms with van der Waals surface area (Å²) in [5.74, 6) is -3.56. The maximum atomic E-state index is 13.3. The number of esters is 1. The van der Waals surface area contributed by atoms with Crippen LogP contribution in [0.3, 0.4) is 0 Å². The lowest BCUT2D eigenvalue weighted by molar-refractivity contribution is -0.153. The molecule has 1 aromatic rings. The maximum absolute atomic E-state index is 13.3. The smallest absolute Gasteiger partial charge is 0.455 e. The van der Waals surface area contributed by atoms with Gasteiger partial charge in [0, 0.05) is 14.1 Å². The average Bonchev–Trinajstić information content (AvgIpc) is 3.15. The third-order valence-electron chi connectivity index (χ3n) is 4.51. The summed E-state index contributed by atoms with van der Waals surface area (Å²) in [5, 5.41) is 2.85. The highest BCUT2D eigenvalue weighted by Gasteiger charge is 2.40. The lowest BCUT2D eigenvalue weighted by Gasteiger charge is -2.35. The maximum Gasteiger partial charge on any atom is 0.455 e. The molecule has 188 valence electrons. The Balaban J connectivity index is 3.20. The van der Waals surface area contributed by atoms with E-state index in [4.69, 9.17) is 9.47 Å². The Bertz CT molecular complexity index is 835. The molecular weight excluding hydrogens is 449 g/mol. The molecule has 1 rings (SSSR count). The number of ether oxygens (including phenoxy) is 2. The van der Waals surface area contributed by atoms with Crippen LogP contribution in [0.15, 0.2) is 4.52 Å². The molecular formula is C20H31F3N4O6. The fourth-order valence-electron chi connectivity index (χ4n) is 2.85. The van der Waals surface area contributed by atoms with Gasteiger partial charge in [0.2, 0.25) is 11.8 Å². The van der Waals surface area contributed by atoms with Crippen LogP contribution in [0, 0.1) is 5.92 Å².